The van der Waals surface area contributed by atoms with Gasteiger partial charge in [0.15, 0.2) is 0 Å². The maximum Gasteiger partial charge on any atom is -0.00641 e. The molecule has 2 aromatic carbocycles. The van der Waals surface area contributed by atoms with E-state index < -0.39 is 10.0 Å². The average Bonchev–Trinajstić information content (AvgIpc) is 2.52. The van der Waals surface area contributed by atoms with Crippen molar-refractivity contribution in [2.24, 2.45) is 0 Å². The van der Waals surface area contributed by atoms with Crippen molar-refractivity contribution in [3.05, 3.63) is 73.3 Å². The molecule has 1 heteroatoms. The fourth-order valence-corrected chi connectivity index (χ4v) is 3.60. The van der Waals surface area contributed by atoms with E-state index in [2.05, 4.69) is 79.8 Å². The smallest absolute Gasteiger partial charge is 0.00641 e. The molecule has 0 aliphatic heterocycles. The monoisotopic (exact) mass is 288 g/mol. The Morgan fingerprint density at radius 2 is 1.00 bits per heavy atom. The van der Waals surface area contributed by atoms with Crippen molar-refractivity contribution >= 4 is 10.0 Å². The molecule has 0 unspecified atom stereocenters. The molecule has 0 radical (unpaired) electrons. The quantitative estimate of drug-likeness (QED) is 0.562. The minimum atomic E-state index is -0.839. The maximum absolute atomic E-state index is 3.36. The highest BCUT2D eigenvalue weighted by atomic mass is 32.3. The summed E-state index contributed by atoms with van der Waals surface area (Å²) in [4.78, 5) is 2.88. The Labute approximate surface area is 126 Å². The van der Waals surface area contributed by atoms with Crippen LogP contribution in [0.15, 0.2) is 83.1 Å². The predicted octanol–water partition coefficient (Wildman–Crippen LogP) is 6.39. The fourth-order valence-electron chi connectivity index (χ4n) is 1.66. The molecule has 0 spiro atoms. The summed E-state index contributed by atoms with van der Waals surface area (Å²) < 4.78 is 0. The minimum absolute atomic E-state index is 0.839. The summed E-state index contributed by atoms with van der Waals surface area (Å²) >= 11 is 0. The van der Waals surface area contributed by atoms with Gasteiger partial charge in [-0.25, -0.2) is 0 Å². The van der Waals surface area contributed by atoms with Gasteiger partial charge in [0.1, 0.15) is 0 Å². The van der Waals surface area contributed by atoms with Crippen LogP contribution in [0.1, 0.15) is 20.8 Å². The number of hydrogen-bond donors (Lipinski definition) is 0. The molecule has 2 rings (SSSR count). The molecule has 0 aromatic heterocycles. The molecule has 0 amide bonds. The predicted molar refractivity (Wildman–Crippen MR) is 96.1 cm³/mol. The van der Waals surface area contributed by atoms with Gasteiger partial charge in [0.05, 0.1) is 0 Å². The van der Waals surface area contributed by atoms with E-state index in [1.54, 1.807) is 6.08 Å². The second-order valence-electron chi connectivity index (χ2n) is 4.36. The summed E-state index contributed by atoms with van der Waals surface area (Å²) in [5.41, 5.74) is 0. The standard InChI is InChI=1S/C14H16S.C3H6.C2H6/c1-15(2,13-9-5-3-6-10-13)14-11-7-4-8-12-14;1-3-2;1-2/h3-12H,1-2H3;3H,1H2,2H3;1-2H3. The van der Waals surface area contributed by atoms with Crippen LogP contribution in [0.4, 0.5) is 0 Å². The molecule has 0 saturated carbocycles. The van der Waals surface area contributed by atoms with E-state index in [-0.39, 0.29) is 0 Å². The Morgan fingerprint density at radius 1 is 0.750 bits per heavy atom. The molecule has 20 heavy (non-hydrogen) atoms. The molecule has 0 aliphatic carbocycles. The van der Waals surface area contributed by atoms with Gasteiger partial charge in [0.2, 0.25) is 0 Å². The van der Waals surface area contributed by atoms with Crippen LogP contribution in [0.5, 0.6) is 0 Å². The Bertz CT molecular complexity index is 416. The molecule has 0 heterocycles. The van der Waals surface area contributed by atoms with Crippen LogP contribution in [0.2, 0.25) is 0 Å². The van der Waals surface area contributed by atoms with E-state index in [1.807, 2.05) is 20.8 Å². The number of benzene rings is 2. The van der Waals surface area contributed by atoms with Gasteiger partial charge in [0, 0.05) is 0 Å². The van der Waals surface area contributed by atoms with E-state index in [9.17, 15) is 0 Å². The lowest BCUT2D eigenvalue weighted by molar-refractivity contribution is 1.36. The highest BCUT2D eigenvalue weighted by Crippen LogP contribution is 2.55. The fraction of sp³-hybridized carbons (Fsp3) is 0.263. The van der Waals surface area contributed by atoms with Gasteiger partial charge in [-0.15, -0.1) is 6.58 Å². The van der Waals surface area contributed by atoms with Crippen LogP contribution >= 0.6 is 10.0 Å². The highest BCUT2D eigenvalue weighted by Gasteiger charge is 2.16. The third-order valence-electron chi connectivity index (χ3n) is 2.66. The van der Waals surface area contributed by atoms with Gasteiger partial charge >= 0.3 is 0 Å². The van der Waals surface area contributed by atoms with Gasteiger partial charge in [-0.2, -0.15) is 10.0 Å². The van der Waals surface area contributed by atoms with Crippen molar-refractivity contribution in [2.75, 3.05) is 12.5 Å². The largest absolute Gasteiger partial charge is 0.194 e. The van der Waals surface area contributed by atoms with Gasteiger partial charge < -0.3 is 0 Å². The zero-order valence-electron chi connectivity index (χ0n) is 13.5. The zero-order valence-corrected chi connectivity index (χ0v) is 14.3. The molecule has 2 aromatic rings. The maximum atomic E-state index is 3.36. The van der Waals surface area contributed by atoms with Crippen LogP contribution in [-0.2, 0) is 0 Å². The van der Waals surface area contributed by atoms with Crippen LogP contribution in [0, 0.1) is 0 Å². The molecule has 0 bridgehead atoms. The normalized spacial score (nSPS) is 10.2. The Hall–Kier alpha value is -1.47. The molecular formula is C19H28S. The Kier molecular flexibility index (Phi) is 9.57. The number of rotatable bonds is 2. The van der Waals surface area contributed by atoms with Crippen molar-refractivity contribution in [3.63, 3.8) is 0 Å². The van der Waals surface area contributed by atoms with Gasteiger partial charge in [-0.1, -0.05) is 56.3 Å². The van der Waals surface area contributed by atoms with Crippen molar-refractivity contribution in [1.82, 2.24) is 0 Å². The van der Waals surface area contributed by atoms with Crippen molar-refractivity contribution in [2.45, 2.75) is 30.6 Å². The lowest BCUT2D eigenvalue weighted by Gasteiger charge is -2.32. The topological polar surface area (TPSA) is 0 Å². The van der Waals surface area contributed by atoms with E-state index in [0.29, 0.717) is 0 Å². The van der Waals surface area contributed by atoms with E-state index >= 15 is 0 Å². The van der Waals surface area contributed by atoms with Crippen LogP contribution < -0.4 is 0 Å². The second-order valence-corrected chi connectivity index (χ2v) is 7.96. The summed E-state index contributed by atoms with van der Waals surface area (Å²) in [7, 11) is -0.839. The first-order valence-electron chi connectivity index (χ1n) is 7.03. The molecule has 0 nitrogen and oxygen atoms in total. The van der Waals surface area contributed by atoms with Crippen molar-refractivity contribution < 1.29 is 0 Å². The lowest BCUT2D eigenvalue weighted by Crippen LogP contribution is -1.96. The van der Waals surface area contributed by atoms with Gasteiger partial charge in [0.25, 0.3) is 0 Å². The van der Waals surface area contributed by atoms with E-state index in [0.717, 1.165) is 0 Å². The van der Waals surface area contributed by atoms with Crippen molar-refractivity contribution in [1.29, 1.82) is 0 Å². The minimum Gasteiger partial charge on any atom is -0.194 e. The van der Waals surface area contributed by atoms with Gasteiger partial charge in [-0.05, 0) is 53.5 Å². The number of allylic oxidation sites excluding steroid dienone is 1. The molecule has 0 N–H and O–H groups in total. The van der Waals surface area contributed by atoms with E-state index in [4.69, 9.17) is 0 Å². The first-order chi connectivity index (χ1) is 9.62. The molecule has 0 saturated heterocycles. The number of hydrogen-bond acceptors (Lipinski definition) is 0. The van der Waals surface area contributed by atoms with Crippen molar-refractivity contribution in [3.8, 4) is 0 Å². The summed E-state index contributed by atoms with van der Waals surface area (Å²) in [6, 6.07) is 21.5. The van der Waals surface area contributed by atoms with Gasteiger partial charge in [-0.3, -0.25) is 0 Å². The lowest BCUT2D eigenvalue weighted by atomic mass is 10.4. The first-order valence-corrected chi connectivity index (χ1v) is 9.48. The first kappa shape index (κ1) is 18.5. The second kappa shape index (κ2) is 10.3. The van der Waals surface area contributed by atoms with Crippen LogP contribution in [-0.4, -0.2) is 12.5 Å². The SMILES string of the molecule is C=CC.CC.CS(C)(c1ccccc1)c1ccccc1. The average molecular weight is 288 g/mol. The summed E-state index contributed by atoms with van der Waals surface area (Å²) in [5.74, 6) is 0. The molecule has 0 atom stereocenters. The molecule has 0 fully saturated rings. The zero-order chi connectivity index (χ0) is 15.4. The van der Waals surface area contributed by atoms with Crippen LogP contribution in [0.25, 0.3) is 0 Å². The highest BCUT2D eigenvalue weighted by molar-refractivity contribution is 8.32. The summed E-state index contributed by atoms with van der Waals surface area (Å²) in [6.07, 6.45) is 6.44. The Morgan fingerprint density at radius 3 is 1.25 bits per heavy atom. The molecule has 0 aliphatic rings. The Balaban J connectivity index is 0.000000641. The summed E-state index contributed by atoms with van der Waals surface area (Å²) in [6.45, 7) is 9.25. The van der Waals surface area contributed by atoms with Crippen LogP contribution in [0.3, 0.4) is 0 Å². The summed E-state index contributed by atoms with van der Waals surface area (Å²) in [5, 5.41) is 0. The molecule has 110 valence electrons. The third-order valence-corrected chi connectivity index (χ3v) is 5.57. The third kappa shape index (κ3) is 5.66. The molecular weight excluding hydrogens is 260 g/mol. The van der Waals surface area contributed by atoms with E-state index in [1.165, 1.54) is 9.79 Å².